The van der Waals surface area contributed by atoms with Crippen LogP contribution < -0.4 is 4.90 Å². The first-order chi connectivity index (χ1) is 11.7. The molecule has 7 nitrogen and oxygen atoms in total. The number of fused-ring (bicyclic) bond motifs is 1. The average Bonchev–Trinajstić information content (AvgIpc) is 3.23. The average molecular weight is 323 g/mol. The highest BCUT2D eigenvalue weighted by Crippen LogP contribution is 2.20. The Kier molecular flexibility index (Phi) is 3.42. The number of H-pyrrole nitrogens is 1. The highest BCUT2D eigenvalue weighted by molar-refractivity contribution is 5.59. The molecule has 4 rings (SSSR count). The second-order valence-corrected chi connectivity index (χ2v) is 5.46. The van der Waals surface area contributed by atoms with E-state index < -0.39 is 0 Å². The van der Waals surface area contributed by atoms with E-state index in [2.05, 4.69) is 25.5 Å². The normalized spacial score (nSPS) is 11.1. The van der Waals surface area contributed by atoms with Crippen LogP contribution in [0.2, 0.25) is 0 Å². The maximum Gasteiger partial charge on any atom is 0.185 e. The summed E-state index contributed by atoms with van der Waals surface area (Å²) >= 11 is 0. The molecule has 0 saturated carbocycles. The summed E-state index contributed by atoms with van der Waals surface area (Å²) in [6.45, 7) is 0.659. The van der Waals surface area contributed by atoms with Crippen LogP contribution in [0.1, 0.15) is 5.56 Å². The molecule has 0 aliphatic rings. The number of aromatic nitrogens is 6. The van der Waals surface area contributed by atoms with Crippen LogP contribution in [0.4, 0.5) is 10.2 Å². The van der Waals surface area contributed by atoms with Crippen LogP contribution in [0.3, 0.4) is 0 Å². The van der Waals surface area contributed by atoms with E-state index >= 15 is 0 Å². The Hall–Kier alpha value is -3.29. The van der Waals surface area contributed by atoms with Crippen molar-refractivity contribution in [3.05, 3.63) is 60.2 Å². The molecule has 0 amide bonds. The molecule has 0 saturated heterocycles. The van der Waals surface area contributed by atoms with Gasteiger partial charge in [0.05, 0.1) is 6.20 Å². The number of halogens is 1. The second-order valence-electron chi connectivity index (χ2n) is 5.46. The third kappa shape index (κ3) is 2.58. The lowest BCUT2D eigenvalue weighted by molar-refractivity contribution is 0.628. The molecule has 0 radical (unpaired) electrons. The maximum absolute atomic E-state index is 13.5. The van der Waals surface area contributed by atoms with E-state index in [4.69, 9.17) is 0 Å². The van der Waals surface area contributed by atoms with Crippen LogP contribution in [0.25, 0.3) is 17.0 Å². The molecule has 0 bridgehead atoms. The standard InChI is InChI=1S/C16H14FN7/c1-23(10-11-8-18-19-9-11)15-6-5-14-20-21-16(24(14)22-15)12-3-2-4-13(17)7-12/h2-9H,10H2,1H3,(H,18,19). The minimum atomic E-state index is -0.322. The van der Waals surface area contributed by atoms with E-state index in [-0.39, 0.29) is 5.82 Å². The van der Waals surface area contributed by atoms with Crippen molar-refractivity contribution in [3.63, 3.8) is 0 Å². The summed E-state index contributed by atoms with van der Waals surface area (Å²) in [4.78, 5) is 1.99. The van der Waals surface area contributed by atoms with Crippen molar-refractivity contribution < 1.29 is 4.39 Å². The van der Waals surface area contributed by atoms with Gasteiger partial charge in [0.1, 0.15) is 11.6 Å². The number of hydrogen-bond donors (Lipinski definition) is 1. The largest absolute Gasteiger partial charge is 0.354 e. The topological polar surface area (TPSA) is 75.0 Å². The summed E-state index contributed by atoms with van der Waals surface area (Å²) in [6.07, 6.45) is 3.61. The molecule has 4 aromatic rings. The second kappa shape index (κ2) is 5.73. The number of anilines is 1. The fourth-order valence-electron chi connectivity index (χ4n) is 2.51. The van der Waals surface area contributed by atoms with Gasteiger partial charge in [-0.3, -0.25) is 5.10 Å². The SMILES string of the molecule is CN(Cc1cn[nH]c1)c1ccc2nnc(-c3cccc(F)c3)n2n1. The smallest absolute Gasteiger partial charge is 0.185 e. The molecule has 0 fully saturated rings. The van der Waals surface area contributed by atoms with E-state index in [1.165, 1.54) is 12.1 Å². The van der Waals surface area contributed by atoms with Gasteiger partial charge in [-0.15, -0.1) is 15.3 Å². The number of hydrogen-bond acceptors (Lipinski definition) is 5. The van der Waals surface area contributed by atoms with Gasteiger partial charge < -0.3 is 4.90 Å². The van der Waals surface area contributed by atoms with Gasteiger partial charge in [0, 0.05) is 30.9 Å². The van der Waals surface area contributed by atoms with Gasteiger partial charge in [0.25, 0.3) is 0 Å². The molecular formula is C16H14FN7. The Morgan fingerprint density at radius 2 is 2.12 bits per heavy atom. The molecule has 0 spiro atoms. The number of rotatable bonds is 4. The van der Waals surface area contributed by atoms with E-state index in [0.717, 1.165) is 11.4 Å². The number of nitrogens with zero attached hydrogens (tertiary/aromatic N) is 6. The van der Waals surface area contributed by atoms with Gasteiger partial charge in [0.2, 0.25) is 0 Å². The quantitative estimate of drug-likeness (QED) is 0.624. The molecule has 1 N–H and O–H groups in total. The van der Waals surface area contributed by atoms with Gasteiger partial charge in [-0.05, 0) is 24.3 Å². The third-order valence-electron chi connectivity index (χ3n) is 3.70. The summed E-state index contributed by atoms with van der Waals surface area (Å²) in [7, 11) is 1.94. The Morgan fingerprint density at radius 1 is 1.21 bits per heavy atom. The van der Waals surface area contributed by atoms with Crippen molar-refractivity contribution in [2.75, 3.05) is 11.9 Å². The lowest BCUT2D eigenvalue weighted by Crippen LogP contribution is -2.18. The fraction of sp³-hybridized carbons (Fsp3) is 0.125. The monoisotopic (exact) mass is 323 g/mol. The predicted octanol–water partition coefficient (Wildman–Crippen LogP) is 2.29. The van der Waals surface area contributed by atoms with Gasteiger partial charge in [-0.2, -0.15) is 9.61 Å². The molecular weight excluding hydrogens is 309 g/mol. The molecule has 24 heavy (non-hydrogen) atoms. The van der Waals surface area contributed by atoms with Crippen LogP contribution in [0.15, 0.2) is 48.8 Å². The fourth-order valence-corrected chi connectivity index (χ4v) is 2.51. The van der Waals surface area contributed by atoms with Crippen molar-refractivity contribution in [1.29, 1.82) is 0 Å². The first-order valence-electron chi connectivity index (χ1n) is 7.38. The van der Waals surface area contributed by atoms with Crippen molar-refractivity contribution >= 4 is 11.5 Å². The zero-order chi connectivity index (χ0) is 16.5. The maximum atomic E-state index is 13.5. The molecule has 0 aliphatic heterocycles. The number of nitrogens with one attached hydrogen (secondary N) is 1. The van der Waals surface area contributed by atoms with E-state index in [1.807, 2.05) is 30.3 Å². The lowest BCUT2D eigenvalue weighted by atomic mass is 10.2. The minimum absolute atomic E-state index is 0.322. The van der Waals surface area contributed by atoms with Crippen molar-refractivity contribution in [1.82, 2.24) is 30.0 Å². The first-order valence-corrected chi connectivity index (χ1v) is 7.38. The van der Waals surface area contributed by atoms with Crippen LogP contribution in [-0.2, 0) is 6.54 Å². The van der Waals surface area contributed by atoms with Gasteiger partial charge in [-0.25, -0.2) is 4.39 Å². The molecule has 0 atom stereocenters. The van der Waals surface area contributed by atoms with Crippen LogP contribution in [-0.4, -0.2) is 37.1 Å². The Bertz CT molecular complexity index is 977. The van der Waals surface area contributed by atoms with Crippen molar-refractivity contribution in [2.45, 2.75) is 6.54 Å². The molecule has 0 aliphatic carbocycles. The van der Waals surface area contributed by atoms with E-state index in [1.54, 1.807) is 22.8 Å². The Balaban J connectivity index is 1.73. The predicted molar refractivity (Wildman–Crippen MR) is 86.9 cm³/mol. The summed E-state index contributed by atoms with van der Waals surface area (Å²) in [5, 5.41) is 19.5. The highest BCUT2D eigenvalue weighted by Gasteiger charge is 2.12. The third-order valence-corrected chi connectivity index (χ3v) is 3.70. The van der Waals surface area contributed by atoms with Crippen molar-refractivity contribution in [2.24, 2.45) is 0 Å². The zero-order valence-corrected chi connectivity index (χ0v) is 12.9. The van der Waals surface area contributed by atoms with Gasteiger partial charge in [-0.1, -0.05) is 12.1 Å². The van der Waals surface area contributed by atoms with Crippen LogP contribution in [0, 0.1) is 5.82 Å². The summed E-state index contributed by atoms with van der Waals surface area (Å²) in [5.74, 6) is 0.932. The van der Waals surface area contributed by atoms with Crippen molar-refractivity contribution in [3.8, 4) is 11.4 Å². The number of aromatic amines is 1. The molecule has 0 unspecified atom stereocenters. The molecule has 3 aromatic heterocycles. The molecule has 3 heterocycles. The van der Waals surface area contributed by atoms with Gasteiger partial charge in [0.15, 0.2) is 11.5 Å². The summed E-state index contributed by atoms with van der Waals surface area (Å²) < 4.78 is 15.1. The summed E-state index contributed by atoms with van der Waals surface area (Å²) in [5.41, 5.74) is 2.29. The molecule has 8 heteroatoms. The molecule has 1 aromatic carbocycles. The van der Waals surface area contributed by atoms with E-state index in [9.17, 15) is 4.39 Å². The van der Waals surface area contributed by atoms with Crippen LogP contribution in [0.5, 0.6) is 0 Å². The van der Waals surface area contributed by atoms with E-state index in [0.29, 0.717) is 23.6 Å². The minimum Gasteiger partial charge on any atom is -0.354 e. The lowest BCUT2D eigenvalue weighted by Gasteiger charge is -2.17. The van der Waals surface area contributed by atoms with Gasteiger partial charge >= 0.3 is 0 Å². The highest BCUT2D eigenvalue weighted by atomic mass is 19.1. The Labute approximate surface area is 136 Å². The molecule has 120 valence electrons. The van der Waals surface area contributed by atoms with Crippen LogP contribution >= 0.6 is 0 Å². The summed E-state index contributed by atoms with van der Waals surface area (Å²) in [6, 6.07) is 9.94. The first kappa shape index (κ1) is 14.3. The zero-order valence-electron chi connectivity index (χ0n) is 12.9. The number of benzene rings is 1. The Morgan fingerprint density at radius 3 is 2.92 bits per heavy atom.